The van der Waals surface area contributed by atoms with E-state index in [1.54, 1.807) is 0 Å². The van der Waals surface area contributed by atoms with Crippen LogP contribution in [0.4, 0.5) is 17.1 Å². The highest BCUT2D eigenvalue weighted by Gasteiger charge is 2.23. The van der Waals surface area contributed by atoms with Gasteiger partial charge in [0.25, 0.3) is 0 Å². The number of para-hydroxylation sites is 3. The Hall–Kier alpha value is -5.79. The minimum Gasteiger partial charge on any atom is -0.456 e. The van der Waals surface area contributed by atoms with Gasteiger partial charge >= 0.3 is 0 Å². The fourth-order valence-corrected chi connectivity index (χ4v) is 5.84. The maximum absolute atomic E-state index is 9.45. The summed E-state index contributed by atoms with van der Waals surface area (Å²) in [6.45, 7) is 0. The highest BCUT2D eigenvalue weighted by Crippen LogP contribution is 2.46. The van der Waals surface area contributed by atoms with Crippen molar-refractivity contribution in [3.63, 3.8) is 0 Å². The van der Waals surface area contributed by atoms with E-state index >= 15 is 0 Å². The van der Waals surface area contributed by atoms with Gasteiger partial charge in [-0.1, -0.05) is 72.8 Å². The molecule has 0 bridgehead atoms. The molecule has 6 aromatic carbocycles. The van der Waals surface area contributed by atoms with Crippen LogP contribution in [-0.2, 0) is 0 Å². The average Bonchev–Trinajstić information content (AvgIpc) is 3.61. The van der Waals surface area contributed by atoms with Crippen LogP contribution in [0.3, 0.4) is 0 Å². The van der Waals surface area contributed by atoms with Crippen LogP contribution < -0.4 is 4.90 Å². The summed E-state index contributed by atoms with van der Waals surface area (Å²) in [5.41, 5.74) is 8.90. The molecule has 0 atom stereocenters. The predicted octanol–water partition coefficient (Wildman–Crippen LogP) is 10.5. The molecule has 8 aromatic rings. The van der Waals surface area contributed by atoms with Gasteiger partial charge in [-0.3, -0.25) is 0 Å². The smallest absolute Gasteiger partial charge is 0.159 e. The van der Waals surface area contributed by atoms with Crippen LogP contribution in [0.5, 0.6) is 0 Å². The number of furan rings is 2. The van der Waals surface area contributed by atoms with E-state index in [0.29, 0.717) is 5.56 Å². The third kappa shape index (κ3) is 3.68. The molecule has 2 aromatic heterocycles. The summed E-state index contributed by atoms with van der Waals surface area (Å²) in [5, 5.41) is 13.6. The molecule has 8 rings (SSSR count). The molecule has 0 amide bonds. The molecule has 0 spiro atoms. The molecule has 0 aliphatic carbocycles. The maximum Gasteiger partial charge on any atom is 0.159 e. The van der Waals surface area contributed by atoms with Gasteiger partial charge in [-0.15, -0.1) is 0 Å². The molecule has 0 aliphatic rings. The van der Waals surface area contributed by atoms with Gasteiger partial charge < -0.3 is 13.7 Å². The van der Waals surface area contributed by atoms with Crippen molar-refractivity contribution in [3.8, 4) is 17.2 Å². The third-order valence-electron chi connectivity index (χ3n) is 7.68. The van der Waals surface area contributed by atoms with Crippen molar-refractivity contribution in [2.24, 2.45) is 0 Å². The lowest BCUT2D eigenvalue weighted by molar-refractivity contribution is 0.668. The Morgan fingerprint density at radius 2 is 1.22 bits per heavy atom. The van der Waals surface area contributed by atoms with Gasteiger partial charge in [0.15, 0.2) is 5.58 Å². The highest BCUT2D eigenvalue weighted by molar-refractivity contribution is 6.16. The first-order valence-electron chi connectivity index (χ1n) is 13.5. The summed E-state index contributed by atoms with van der Waals surface area (Å²) in [4.78, 5) is 2.25. The number of hydrogen-bond acceptors (Lipinski definition) is 4. The normalized spacial score (nSPS) is 11.4. The summed E-state index contributed by atoms with van der Waals surface area (Å²) in [6, 6.07) is 47.2. The lowest BCUT2D eigenvalue weighted by Crippen LogP contribution is -2.10. The first kappa shape index (κ1) is 23.1. The number of hydrogen-bond donors (Lipinski definition) is 0. The number of nitrogens with zero attached hydrogens (tertiary/aromatic N) is 2. The first-order chi connectivity index (χ1) is 20.3. The number of nitriles is 1. The van der Waals surface area contributed by atoms with Crippen molar-refractivity contribution < 1.29 is 8.83 Å². The van der Waals surface area contributed by atoms with E-state index in [1.165, 1.54) is 0 Å². The predicted molar refractivity (Wildman–Crippen MR) is 166 cm³/mol. The molecule has 4 nitrogen and oxygen atoms in total. The van der Waals surface area contributed by atoms with E-state index in [0.717, 1.165) is 72.1 Å². The summed E-state index contributed by atoms with van der Waals surface area (Å²) >= 11 is 0. The van der Waals surface area contributed by atoms with Crippen LogP contribution in [0, 0.1) is 11.3 Å². The number of anilines is 3. The van der Waals surface area contributed by atoms with Gasteiger partial charge in [0.2, 0.25) is 0 Å². The molecule has 0 saturated carbocycles. The molecule has 41 heavy (non-hydrogen) atoms. The summed E-state index contributed by atoms with van der Waals surface area (Å²) in [5.74, 6) is 0. The molecule has 0 fully saturated rings. The Kier molecular flexibility index (Phi) is 5.16. The Balaban J connectivity index is 1.42. The molecule has 0 radical (unpaired) electrons. The van der Waals surface area contributed by atoms with E-state index < -0.39 is 0 Å². The zero-order chi connectivity index (χ0) is 27.3. The summed E-state index contributed by atoms with van der Waals surface area (Å²) in [7, 11) is 0. The Morgan fingerprint density at radius 1 is 0.512 bits per heavy atom. The van der Waals surface area contributed by atoms with Gasteiger partial charge in [-0.25, -0.2) is 0 Å². The van der Waals surface area contributed by atoms with Crippen molar-refractivity contribution in [2.45, 2.75) is 0 Å². The first-order valence-corrected chi connectivity index (χ1v) is 13.5. The minimum absolute atomic E-state index is 0.634. The van der Waals surface area contributed by atoms with Crippen molar-refractivity contribution in [1.82, 2.24) is 0 Å². The van der Waals surface area contributed by atoms with Crippen LogP contribution in [0.25, 0.3) is 55.0 Å². The second-order valence-electron chi connectivity index (χ2n) is 10.1. The van der Waals surface area contributed by atoms with E-state index in [-0.39, 0.29) is 0 Å². The molecule has 4 heteroatoms. The van der Waals surface area contributed by atoms with Gasteiger partial charge in [0.05, 0.1) is 28.4 Å². The fourth-order valence-electron chi connectivity index (χ4n) is 5.84. The van der Waals surface area contributed by atoms with E-state index in [4.69, 9.17) is 8.83 Å². The summed E-state index contributed by atoms with van der Waals surface area (Å²) in [6.07, 6.45) is 0. The number of rotatable bonds is 4. The lowest BCUT2D eigenvalue weighted by atomic mass is 10.0. The SMILES string of the molecule is N#Cc1cccc(-c2ccc3oc4cccc(N(c5ccccc5)c5cccc6c5oc5ccccc56)c4c3c2)c1. The average molecular weight is 527 g/mol. The van der Waals surface area contributed by atoms with Crippen LogP contribution in [0.1, 0.15) is 5.56 Å². The molecule has 0 saturated heterocycles. The quantitative estimate of drug-likeness (QED) is 0.229. The minimum atomic E-state index is 0.634. The van der Waals surface area contributed by atoms with Gasteiger partial charge in [-0.2, -0.15) is 5.26 Å². The molecule has 0 aliphatic heterocycles. The molecule has 192 valence electrons. The zero-order valence-corrected chi connectivity index (χ0v) is 21.9. The Labute approximate surface area is 235 Å². The van der Waals surface area contributed by atoms with Gasteiger partial charge in [0, 0.05) is 21.8 Å². The van der Waals surface area contributed by atoms with E-state index in [2.05, 4.69) is 71.6 Å². The second kappa shape index (κ2) is 9.15. The number of fused-ring (bicyclic) bond motifs is 6. The van der Waals surface area contributed by atoms with Crippen molar-refractivity contribution in [1.29, 1.82) is 5.26 Å². The standard InChI is InChI=1S/C37H22N2O2/c38-23-24-9-6-10-25(21-24)26-19-20-34-30(22-26)36-31(15-8-18-35(36)40-34)39(27-11-2-1-3-12-27)32-16-7-14-29-28-13-4-5-17-33(28)41-37(29)32/h1-22H. The van der Waals surface area contributed by atoms with Crippen molar-refractivity contribution >= 4 is 60.9 Å². The van der Waals surface area contributed by atoms with Gasteiger partial charge in [-0.05, 0) is 71.8 Å². The van der Waals surface area contributed by atoms with Crippen molar-refractivity contribution in [3.05, 3.63) is 139 Å². The topological polar surface area (TPSA) is 53.3 Å². The van der Waals surface area contributed by atoms with Crippen LogP contribution in [0.15, 0.2) is 142 Å². The maximum atomic E-state index is 9.45. The fraction of sp³-hybridized carbons (Fsp3) is 0. The third-order valence-corrected chi connectivity index (χ3v) is 7.68. The Morgan fingerprint density at radius 3 is 2.12 bits per heavy atom. The van der Waals surface area contributed by atoms with Gasteiger partial charge in [0.1, 0.15) is 16.7 Å². The summed E-state index contributed by atoms with van der Waals surface area (Å²) < 4.78 is 12.9. The molecule has 0 unspecified atom stereocenters. The largest absolute Gasteiger partial charge is 0.456 e. The number of benzene rings is 6. The van der Waals surface area contributed by atoms with Crippen LogP contribution in [-0.4, -0.2) is 0 Å². The molecule has 0 N–H and O–H groups in total. The Bertz CT molecular complexity index is 2290. The lowest BCUT2D eigenvalue weighted by Gasteiger charge is -2.26. The molecular weight excluding hydrogens is 504 g/mol. The van der Waals surface area contributed by atoms with E-state index in [1.807, 2.05) is 72.8 Å². The highest BCUT2D eigenvalue weighted by atomic mass is 16.3. The van der Waals surface area contributed by atoms with Crippen LogP contribution in [0.2, 0.25) is 0 Å². The second-order valence-corrected chi connectivity index (χ2v) is 10.1. The molecule has 2 heterocycles. The van der Waals surface area contributed by atoms with Crippen molar-refractivity contribution in [2.75, 3.05) is 4.90 Å². The monoisotopic (exact) mass is 526 g/mol. The van der Waals surface area contributed by atoms with E-state index in [9.17, 15) is 5.26 Å². The zero-order valence-electron chi connectivity index (χ0n) is 21.9. The van der Waals surface area contributed by atoms with Crippen LogP contribution >= 0.6 is 0 Å². The molecular formula is C37H22N2O2.